The molecule has 6 amide bonds. The average molecular weight is 1880 g/mol. The first kappa shape index (κ1) is 99.0. The number of hydroxylamine groups is 1. The zero-order chi connectivity index (χ0) is 92.9. The lowest BCUT2D eigenvalue weighted by molar-refractivity contribution is -0.144. The number of hydrogen-bond donors (Lipinski definition) is 8. The first-order valence-electron chi connectivity index (χ1n) is 41.0. The highest BCUT2D eigenvalue weighted by Crippen LogP contribution is 2.39. The van der Waals surface area contributed by atoms with Gasteiger partial charge in [0.25, 0.3) is 31.9 Å². The number of nitrogens with zero attached hydrogens (tertiary/aromatic N) is 5. The van der Waals surface area contributed by atoms with E-state index in [4.69, 9.17) is 44.9 Å². The second-order valence-electron chi connectivity index (χ2n) is 31.9. The van der Waals surface area contributed by atoms with E-state index in [1.54, 1.807) is 124 Å². The van der Waals surface area contributed by atoms with Crippen molar-refractivity contribution in [1.29, 1.82) is 0 Å². The minimum atomic E-state index is -4.23. The lowest BCUT2D eigenvalue weighted by atomic mass is 9.87. The van der Waals surface area contributed by atoms with E-state index in [1.165, 1.54) is 29.2 Å². The minimum Gasteiger partial charge on any atom is -0.480 e. The van der Waals surface area contributed by atoms with Gasteiger partial charge in [-0.3, -0.25) is 42.9 Å². The van der Waals surface area contributed by atoms with E-state index in [0.717, 1.165) is 33.0 Å². The number of anilines is 1. The Morgan fingerprint density at radius 1 is 0.711 bits per heavy atom. The van der Waals surface area contributed by atoms with Gasteiger partial charge in [0.2, 0.25) is 42.9 Å². The predicted octanol–water partition coefficient (Wildman–Crippen LogP) is 14.2. The van der Waals surface area contributed by atoms with Gasteiger partial charge in [-0.05, 0) is 174 Å². The molecule has 128 heavy (non-hydrogen) atoms. The van der Waals surface area contributed by atoms with Crippen molar-refractivity contribution in [2.75, 3.05) is 31.3 Å². The molecule has 0 aliphatic carbocycles. The van der Waals surface area contributed by atoms with E-state index in [2.05, 4.69) is 92.8 Å². The average Bonchev–Trinajstić information content (AvgIpc) is 1.17. The molecule has 1 unspecified atom stereocenters. The summed E-state index contributed by atoms with van der Waals surface area (Å²) in [4.78, 5) is 124. The number of carboxylic acids is 1. The molecule has 0 spiro atoms. The summed E-state index contributed by atoms with van der Waals surface area (Å²) >= 11 is 9.18. The quantitative estimate of drug-likeness (QED) is 0.0101. The van der Waals surface area contributed by atoms with Crippen molar-refractivity contribution < 1.29 is 93.6 Å². The van der Waals surface area contributed by atoms with Gasteiger partial charge in [0.1, 0.15) is 49.0 Å². The number of nitrogens with one attached hydrogen (secondary N) is 7. The minimum absolute atomic E-state index is 0.0135. The Morgan fingerprint density at radius 2 is 1.38 bits per heavy atom. The van der Waals surface area contributed by atoms with Gasteiger partial charge in [-0.15, -0.1) is 0 Å². The number of aryl methyl sites for hydroxylation is 2. The molecule has 0 bridgehead atoms. The van der Waals surface area contributed by atoms with Crippen LogP contribution in [0.4, 0.5) is 10.6 Å². The van der Waals surface area contributed by atoms with Crippen LogP contribution in [0.5, 0.6) is 29.1 Å². The van der Waals surface area contributed by atoms with Crippen LogP contribution in [0.15, 0.2) is 203 Å². The number of benzene rings is 7. The molecule has 0 radical (unpaired) electrons. The van der Waals surface area contributed by atoms with E-state index in [0.29, 0.717) is 104 Å². The molecule has 1 aliphatic heterocycles. The van der Waals surface area contributed by atoms with Crippen molar-refractivity contribution in [2.24, 2.45) is 5.92 Å². The molecule has 0 saturated carbocycles. The van der Waals surface area contributed by atoms with E-state index in [9.17, 15) is 60.3 Å². The van der Waals surface area contributed by atoms with Gasteiger partial charge in [0.15, 0.2) is 17.3 Å². The maximum atomic E-state index is 13.6. The van der Waals surface area contributed by atoms with E-state index in [-0.39, 0.29) is 73.4 Å². The van der Waals surface area contributed by atoms with Crippen molar-refractivity contribution in [3.05, 3.63) is 248 Å². The van der Waals surface area contributed by atoms with Gasteiger partial charge >= 0.3 is 18.1 Å². The third-order valence-electron chi connectivity index (χ3n) is 19.0. The van der Waals surface area contributed by atoms with Crippen molar-refractivity contribution in [3.8, 4) is 40.3 Å². The van der Waals surface area contributed by atoms with Crippen molar-refractivity contribution in [2.45, 2.75) is 168 Å². The number of fused-ring (bicyclic) bond motifs is 2. The molecule has 0 fully saturated rings. The number of sulfonamides is 2. The molecular weight excluding hydrogens is 1770 g/mol. The molecule has 10 aromatic rings. The van der Waals surface area contributed by atoms with Gasteiger partial charge in [0.05, 0.1) is 38.9 Å². The van der Waals surface area contributed by atoms with Gasteiger partial charge in [-0.2, -0.15) is 0 Å². The number of carboxylic acid groups (broad SMARTS) is 1. The van der Waals surface area contributed by atoms with Crippen LogP contribution in [0.3, 0.4) is 0 Å². The number of ether oxygens (including phenoxy) is 6. The van der Waals surface area contributed by atoms with Crippen molar-refractivity contribution in [1.82, 2.24) is 56.0 Å². The van der Waals surface area contributed by atoms with Crippen LogP contribution in [0.1, 0.15) is 157 Å². The summed E-state index contributed by atoms with van der Waals surface area (Å²) in [6, 6.07) is 43.1. The Morgan fingerprint density at radius 3 is 2.05 bits per heavy atom. The first-order valence-corrected chi connectivity index (χ1v) is 45.2. The summed E-state index contributed by atoms with van der Waals surface area (Å²) in [5.74, 6) is -3.42. The smallest absolute Gasteiger partial charge is 0.408 e. The summed E-state index contributed by atoms with van der Waals surface area (Å²) in [6.45, 7) is 21.7. The Bertz CT molecular complexity index is 5760. The number of hydrogen-bond acceptors (Lipinski definition) is 23. The van der Waals surface area contributed by atoms with Gasteiger partial charge in [-0.1, -0.05) is 182 Å². The number of carbonyl (C=O) groups is 8. The fourth-order valence-corrected chi connectivity index (χ4v) is 14.7. The lowest BCUT2D eigenvalue weighted by Gasteiger charge is -2.26. The van der Waals surface area contributed by atoms with Crippen LogP contribution in [0, 0.1) is 12.8 Å². The third kappa shape index (κ3) is 30.5. The molecule has 11 rings (SSSR count). The normalized spacial score (nSPS) is 12.7. The first-order chi connectivity index (χ1) is 60.9. The number of aromatic nitrogens is 5. The molecule has 1 aliphatic rings. The Hall–Kier alpha value is -12.8. The number of rotatable bonds is 38. The largest absolute Gasteiger partial charge is 0.480 e. The number of alkyl carbamates (subject to hydrolysis) is 1. The predicted molar refractivity (Wildman–Crippen MR) is 486 cm³/mol. The molecule has 8 N–H and O–H groups in total. The molecule has 4 atom stereocenters. The Kier molecular flexibility index (Phi) is 36.0. The number of unbranched alkanes of at least 4 members (excludes halogenated alkanes) is 1. The van der Waals surface area contributed by atoms with Crippen LogP contribution in [-0.2, 0) is 83.3 Å². The zero-order valence-electron chi connectivity index (χ0n) is 72.5. The van der Waals surface area contributed by atoms with Gasteiger partial charge in [0, 0.05) is 53.1 Å². The Balaban J connectivity index is 0.000000218. The highest BCUT2D eigenvalue weighted by Gasteiger charge is 2.35. The maximum Gasteiger partial charge on any atom is 0.408 e. The molecule has 32 nitrogen and oxygen atoms in total. The second kappa shape index (κ2) is 46.6. The number of amides is 6. The summed E-state index contributed by atoms with van der Waals surface area (Å²) in [6.07, 6.45) is 8.06. The fraction of sp³-hybridized carbons (Fsp3) is 0.326. The van der Waals surface area contributed by atoms with Crippen LogP contribution in [0.2, 0.25) is 5.02 Å². The van der Waals surface area contributed by atoms with Crippen molar-refractivity contribution in [3.63, 3.8) is 0 Å². The van der Waals surface area contributed by atoms with Gasteiger partial charge < -0.3 is 54.8 Å². The summed E-state index contributed by atoms with van der Waals surface area (Å²) in [5.41, 5.74) is 8.63. The SMILES string of the molecule is CCCCNC(=O)C[C@H](NC(=O)[C@@H](Cc1cn(C=O)c2ccccc12)NC(=O)[C@H](CC(C)C)NC(=O)OC(C)(C)C)C(=O)O.CCCc1cc(C(=O)NOCc2ccccc2)ccc1OC(C(=O)NS(=O)(=O)/C=C/c1ccc(Cl)cc1)c1ccc2c(c1)OCO2.Cc1ccc(-c2c(NS(=O)(=O)c3ccc(C(C)(C)C)cc3)ncnc2OCCOc2ncc(Br)cn2)cc1. The van der Waals surface area contributed by atoms with E-state index in [1.807, 2.05) is 101 Å². The monoisotopic (exact) mass is 1870 g/mol. The molecule has 4 heterocycles. The molecular formula is C92H104BrClN12O20S2. The summed E-state index contributed by atoms with van der Waals surface area (Å²) in [5, 5.41) is 22.0. The standard InChI is InChI=1S/C34H31ClN2O8S.C31H45N5O8.C27H28BrN5O4S/c1-2-6-25-19-27(33(38)36-44-21-24-7-4-3-5-8-24)12-15-29(25)45-32(26-11-16-30-31(20-26)43-22-42-30)34(39)37-46(40,41)18-17-23-9-13-28(35)14-10-23;1-7-8-13-32-26(38)16-24(29(41)42)34-28(40)23(15-20-17-36(18-37)25-12-10-9-11-21(20)25)33-27(39)22(14-19(2)3)35-30(43)44-31(4,5)6;1-18-5-7-19(8-6-18)23-24(33-38(34,35)22-11-9-20(10-12-22)27(2,3)4)31-17-32-25(23)36-13-14-37-26-29-15-21(28)16-30-26/h3-5,7-20,32H,2,6,21-22H2,1H3,(H,36,38)(H,37,39);9-12,17-19,22-24H,7-8,13-16H2,1-6H3,(H,32,38)(H,33,39)(H,34,40)(H,35,43)(H,41,42);5-12,15-17H,13-14H2,1-4H3,(H,31,32,33)/b18-17+;;/t;22-,23+,24-;/m.0./s1. The topological polar surface area (TPSA) is 430 Å². The summed E-state index contributed by atoms with van der Waals surface area (Å²) < 4.78 is 93.1. The zero-order valence-corrected chi connectivity index (χ0v) is 76.5. The molecule has 0 saturated heterocycles. The highest BCUT2D eigenvalue weighted by atomic mass is 79.9. The van der Waals surface area contributed by atoms with Crippen molar-refractivity contribution >= 4 is 118 Å². The van der Waals surface area contributed by atoms with E-state index >= 15 is 0 Å². The number of carbonyl (C=O) groups excluding carboxylic acids is 7. The maximum absolute atomic E-state index is 13.6. The number of para-hydroxylation sites is 1. The van der Waals surface area contributed by atoms with E-state index < -0.39 is 97.9 Å². The van der Waals surface area contributed by atoms with Crippen LogP contribution >= 0.6 is 27.5 Å². The highest BCUT2D eigenvalue weighted by molar-refractivity contribution is 9.10. The van der Waals surface area contributed by atoms with Crippen LogP contribution < -0.4 is 59.9 Å². The van der Waals surface area contributed by atoms with Gasteiger partial charge in [-0.25, -0.2) is 56.6 Å². The number of halogens is 2. The second-order valence-corrected chi connectivity index (χ2v) is 36.5. The molecule has 36 heteroatoms. The molecule has 3 aromatic heterocycles. The van der Waals surface area contributed by atoms with Crippen LogP contribution in [-0.4, -0.2) is 145 Å². The third-order valence-corrected chi connectivity index (χ3v) is 21.9. The lowest BCUT2D eigenvalue weighted by Crippen LogP contribution is -2.57. The molecule has 7 aromatic carbocycles. The molecule has 678 valence electrons. The Labute approximate surface area is 756 Å². The fourth-order valence-electron chi connectivity index (χ4n) is 12.6. The van der Waals surface area contributed by atoms with Crippen LogP contribution in [0.25, 0.3) is 28.1 Å². The number of aliphatic carboxylic acids is 1. The summed E-state index contributed by atoms with van der Waals surface area (Å²) in [7, 11) is -8.17.